The maximum absolute atomic E-state index is 5.53. The van der Waals surface area contributed by atoms with Gasteiger partial charge in [0.15, 0.2) is 0 Å². The SMILES string of the molecule is Cc1cnc(C(NN)c2cnn(C)c2)cn1. The molecule has 16 heavy (non-hydrogen) atoms. The highest BCUT2D eigenvalue weighted by atomic mass is 15.3. The van der Waals surface area contributed by atoms with Crippen LogP contribution in [0.25, 0.3) is 0 Å². The summed E-state index contributed by atoms with van der Waals surface area (Å²) < 4.78 is 1.72. The van der Waals surface area contributed by atoms with Crippen LogP contribution in [0, 0.1) is 6.92 Å². The number of nitrogens with two attached hydrogens (primary N) is 1. The van der Waals surface area contributed by atoms with Crippen LogP contribution in [0.2, 0.25) is 0 Å². The third-order valence-electron chi connectivity index (χ3n) is 2.32. The smallest absolute Gasteiger partial charge is 0.0927 e. The van der Waals surface area contributed by atoms with Gasteiger partial charge in [-0.25, -0.2) is 5.43 Å². The first-order valence-electron chi connectivity index (χ1n) is 4.94. The number of aryl methyl sites for hydroxylation is 2. The first-order chi connectivity index (χ1) is 7.70. The summed E-state index contributed by atoms with van der Waals surface area (Å²) in [6, 6.07) is -0.179. The van der Waals surface area contributed by atoms with E-state index in [1.54, 1.807) is 23.3 Å². The molecule has 0 radical (unpaired) electrons. The molecule has 2 heterocycles. The minimum absolute atomic E-state index is 0.179. The quantitative estimate of drug-likeness (QED) is 0.563. The number of hydrogen-bond donors (Lipinski definition) is 2. The third-order valence-corrected chi connectivity index (χ3v) is 2.32. The Bertz CT molecular complexity index is 460. The molecule has 2 rings (SSSR count). The lowest BCUT2D eigenvalue weighted by Crippen LogP contribution is -2.29. The van der Waals surface area contributed by atoms with Crippen LogP contribution in [0.3, 0.4) is 0 Å². The van der Waals surface area contributed by atoms with E-state index >= 15 is 0 Å². The van der Waals surface area contributed by atoms with Crippen LogP contribution in [-0.2, 0) is 7.05 Å². The first-order valence-corrected chi connectivity index (χ1v) is 4.94. The monoisotopic (exact) mass is 218 g/mol. The Hall–Kier alpha value is -1.79. The molecule has 84 valence electrons. The molecule has 0 aliphatic heterocycles. The molecule has 1 atom stereocenters. The molecule has 3 N–H and O–H groups in total. The number of hydrogen-bond acceptors (Lipinski definition) is 5. The van der Waals surface area contributed by atoms with Gasteiger partial charge in [-0.2, -0.15) is 5.10 Å². The van der Waals surface area contributed by atoms with Crippen molar-refractivity contribution in [1.82, 2.24) is 25.2 Å². The molecule has 6 heteroatoms. The molecule has 0 spiro atoms. The molecule has 6 nitrogen and oxygen atoms in total. The zero-order valence-electron chi connectivity index (χ0n) is 9.25. The van der Waals surface area contributed by atoms with Crippen molar-refractivity contribution in [3.8, 4) is 0 Å². The fraction of sp³-hybridized carbons (Fsp3) is 0.300. The zero-order chi connectivity index (χ0) is 11.5. The van der Waals surface area contributed by atoms with Crippen LogP contribution < -0.4 is 11.3 Å². The van der Waals surface area contributed by atoms with Gasteiger partial charge in [0.05, 0.1) is 29.8 Å². The standard InChI is InChI=1S/C10H14N6/c1-7-3-13-9(5-12-7)10(15-11)8-4-14-16(2)6-8/h3-6,10,15H,11H2,1-2H3. The van der Waals surface area contributed by atoms with E-state index in [-0.39, 0.29) is 6.04 Å². The van der Waals surface area contributed by atoms with Gasteiger partial charge in [-0.1, -0.05) is 0 Å². The molecule has 0 bridgehead atoms. The second kappa shape index (κ2) is 4.38. The Morgan fingerprint density at radius 1 is 1.31 bits per heavy atom. The fourth-order valence-corrected chi connectivity index (χ4v) is 1.49. The highest BCUT2D eigenvalue weighted by Gasteiger charge is 2.15. The van der Waals surface area contributed by atoms with E-state index in [0.29, 0.717) is 0 Å². The van der Waals surface area contributed by atoms with Gasteiger partial charge in [0.1, 0.15) is 0 Å². The summed E-state index contributed by atoms with van der Waals surface area (Å²) in [5, 5.41) is 4.10. The summed E-state index contributed by atoms with van der Waals surface area (Å²) >= 11 is 0. The zero-order valence-corrected chi connectivity index (χ0v) is 9.25. The summed E-state index contributed by atoms with van der Waals surface area (Å²) in [6.07, 6.45) is 7.08. The number of nitrogens with one attached hydrogen (secondary N) is 1. The van der Waals surface area contributed by atoms with Crippen LogP contribution in [0.1, 0.15) is 23.0 Å². The lowest BCUT2D eigenvalue weighted by molar-refractivity contribution is 0.616. The van der Waals surface area contributed by atoms with E-state index in [1.165, 1.54) is 0 Å². The topological polar surface area (TPSA) is 81.6 Å². The maximum Gasteiger partial charge on any atom is 0.0927 e. The molecule has 2 aromatic heterocycles. The molecule has 0 amide bonds. The van der Waals surface area contributed by atoms with Gasteiger partial charge in [0, 0.05) is 25.0 Å². The van der Waals surface area contributed by atoms with Crippen molar-refractivity contribution in [2.45, 2.75) is 13.0 Å². The van der Waals surface area contributed by atoms with Crippen LogP contribution >= 0.6 is 0 Å². The molecule has 0 aromatic carbocycles. The Morgan fingerprint density at radius 2 is 2.12 bits per heavy atom. The van der Waals surface area contributed by atoms with E-state index in [9.17, 15) is 0 Å². The van der Waals surface area contributed by atoms with Crippen molar-refractivity contribution in [3.63, 3.8) is 0 Å². The summed E-state index contributed by atoms with van der Waals surface area (Å²) in [5.41, 5.74) is 5.33. The molecule has 1 unspecified atom stereocenters. The fourth-order valence-electron chi connectivity index (χ4n) is 1.49. The van der Waals surface area contributed by atoms with Gasteiger partial charge >= 0.3 is 0 Å². The van der Waals surface area contributed by atoms with Gasteiger partial charge < -0.3 is 0 Å². The second-order valence-electron chi connectivity index (χ2n) is 3.63. The van der Waals surface area contributed by atoms with Crippen molar-refractivity contribution in [1.29, 1.82) is 0 Å². The molecular formula is C10H14N6. The molecule has 0 fully saturated rings. The number of nitrogens with zero attached hydrogens (tertiary/aromatic N) is 4. The normalized spacial score (nSPS) is 12.7. The van der Waals surface area contributed by atoms with Crippen molar-refractivity contribution < 1.29 is 0 Å². The van der Waals surface area contributed by atoms with E-state index in [0.717, 1.165) is 17.0 Å². The Balaban J connectivity index is 2.32. The predicted octanol–water partition coefficient (Wildman–Crippen LogP) is 0.0712. The summed E-state index contributed by atoms with van der Waals surface area (Å²) in [7, 11) is 1.86. The lowest BCUT2D eigenvalue weighted by Gasteiger charge is -2.12. The van der Waals surface area contributed by atoms with Gasteiger partial charge in [-0.05, 0) is 6.92 Å². The van der Waals surface area contributed by atoms with Crippen molar-refractivity contribution in [2.24, 2.45) is 12.9 Å². The second-order valence-corrected chi connectivity index (χ2v) is 3.63. The Kier molecular flexibility index (Phi) is 2.93. The summed E-state index contributed by atoms with van der Waals surface area (Å²) in [4.78, 5) is 8.49. The number of hydrazine groups is 1. The van der Waals surface area contributed by atoms with E-state index in [1.807, 2.05) is 20.2 Å². The Labute approximate surface area is 93.5 Å². The van der Waals surface area contributed by atoms with Crippen LogP contribution in [0.15, 0.2) is 24.8 Å². The highest BCUT2D eigenvalue weighted by molar-refractivity contribution is 5.21. The first kappa shape index (κ1) is 10.7. The average Bonchev–Trinajstić information content (AvgIpc) is 2.69. The third kappa shape index (κ3) is 2.07. The van der Waals surface area contributed by atoms with E-state index < -0.39 is 0 Å². The van der Waals surface area contributed by atoms with Crippen molar-refractivity contribution in [2.75, 3.05) is 0 Å². The largest absolute Gasteiger partial charge is 0.275 e. The summed E-state index contributed by atoms with van der Waals surface area (Å²) in [6.45, 7) is 1.89. The minimum atomic E-state index is -0.179. The van der Waals surface area contributed by atoms with Crippen LogP contribution in [-0.4, -0.2) is 19.7 Å². The van der Waals surface area contributed by atoms with Crippen molar-refractivity contribution in [3.05, 3.63) is 41.7 Å². The summed E-state index contributed by atoms with van der Waals surface area (Å²) in [5.74, 6) is 5.53. The lowest BCUT2D eigenvalue weighted by atomic mass is 10.1. The number of aromatic nitrogens is 4. The van der Waals surface area contributed by atoms with Crippen molar-refractivity contribution >= 4 is 0 Å². The molecule has 0 aliphatic rings. The highest BCUT2D eigenvalue weighted by Crippen LogP contribution is 2.17. The molecule has 0 saturated heterocycles. The minimum Gasteiger partial charge on any atom is -0.275 e. The Morgan fingerprint density at radius 3 is 2.62 bits per heavy atom. The number of rotatable bonds is 3. The predicted molar refractivity (Wildman–Crippen MR) is 59.1 cm³/mol. The van der Waals surface area contributed by atoms with Gasteiger partial charge in [-0.15, -0.1) is 0 Å². The average molecular weight is 218 g/mol. The van der Waals surface area contributed by atoms with Gasteiger partial charge in [0.25, 0.3) is 0 Å². The van der Waals surface area contributed by atoms with Crippen LogP contribution in [0.5, 0.6) is 0 Å². The van der Waals surface area contributed by atoms with Gasteiger partial charge in [-0.3, -0.25) is 20.5 Å². The van der Waals surface area contributed by atoms with Gasteiger partial charge in [0.2, 0.25) is 0 Å². The maximum atomic E-state index is 5.53. The molecule has 2 aromatic rings. The van der Waals surface area contributed by atoms with E-state index in [2.05, 4.69) is 20.5 Å². The molecule has 0 aliphatic carbocycles. The molecule has 0 saturated carbocycles. The van der Waals surface area contributed by atoms with E-state index in [4.69, 9.17) is 5.84 Å². The molecular weight excluding hydrogens is 204 g/mol. The van der Waals surface area contributed by atoms with Crippen LogP contribution in [0.4, 0.5) is 0 Å².